The lowest BCUT2D eigenvalue weighted by atomic mass is 9.56. The van der Waals surface area contributed by atoms with Crippen molar-refractivity contribution in [2.24, 2.45) is 11.8 Å². The molecule has 1 aliphatic carbocycles. The van der Waals surface area contributed by atoms with Crippen molar-refractivity contribution in [2.45, 2.75) is 82.8 Å². The monoisotopic (exact) mass is 546 g/mol. The van der Waals surface area contributed by atoms with Gasteiger partial charge in [0.1, 0.15) is 5.75 Å². The zero-order chi connectivity index (χ0) is 28.5. The molecule has 218 valence electrons. The second kappa shape index (κ2) is 14.3. The second-order valence-corrected chi connectivity index (χ2v) is 12.5. The van der Waals surface area contributed by atoms with Gasteiger partial charge in [-0.25, -0.2) is 0 Å². The zero-order valence-corrected chi connectivity index (χ0v) is 24.9. The normalized spacial score (nSPS) is 24.9. The molecule has 0 radical (unpaired) electrons. The number of aromatic hydroxyl groups is 1. The Morgan fingerprint density at radius 1 is 1.18 bits per heavy atom. The number of likely N-dealkylation sites (tertiary alicyclic amines) is 1. The molecule has 2 aromatic carbocycles. The number of phenols is 1. The number of rotatable bonds is 13. The first-order valence-corrected chi connectivity index (χ1v) is 15.3. The molecular weight excluding hydrogens is 496 g/mol. The number of hydrogen-bond donors (Lipinski definition) is 1. The van der Waals surface area contributed by atoms with Crippen LogP contribution in [0.25, 0.3) is 0 Å². The number of nitrogens with zero attached hydrogens (tertiary/aromatic N) is 2. The van der Waals surface area contributed by atoms with E-state index in [9.17, 15) is 9.90 Å². The van der Waals surface area contributed by atoms with E-state index in [4.69, 9.17) is 4.74 Å². The molecule has 1 N–H and O–H groups in total. The molecule has 0 bridgehead atoms. The summed E-state index contributed by atoms with van der Waals surface area (Å²) in [6.07, 6.45) is 9.55. The molecule has 1 heterocycles. The van der Waals surface area contributed by atoms with E-state index < -0.39 is 0 Å². The summed E-state index contributed by atoms with van der Waals surface area (Å²) in [7, 11) is 1.83. The van der Waals surface area contributed by atoms with E-state index in [1.165, 1.54) is 11.1 Å². The number of hydrogen-bond acceptors (Lipinski definition) is 4. The number of unbranched alkanes of at least 4 members (excludes halogenated alkanes) is 2. The van der Waals surface area contributed by atoms with Gasteiger partial charge in [-0.3, -0.25) is 9.69 Å². The molecule has 0 aromatic heterocycles. The summed E-state index contributed by atoms with van der Waals surface area (Å²) in [5, 5.41) is 10.5. The number of methoxy groups -OCH3 is 1. The average molecular weight is 547 g/mol. The summed E-state index contributed by atoms with van der Waals surface area (Å²) >= 11 is 0. The first-order chi connectivity index (χ1) is 19.4. The third kappa shape index (κ3) is 7.36. The standard InChI is InChI=1S/C35H50N2O3/c1-5-20-36-21-19-35(29-16-12-17-31(38)22-29)24-30(23-33(40-4)32(35)26-36)37(25-27(2)3)34(39)18-11-7-10-15-28-13-8-6-9-14-28/h5-6,8-9,12-14,16-17,22,27,30,32-33,38H,1,7,10-11,15,18-21,23-26H2,2-4H3/t30-,32-,33?,35-/m0/s1. The molecule has 4 rings (SSSR count). The Balaban J connectivity index is 1.52. The van der Waals surface area contributed by atoms with Crippen molar-refractivity contribution in [2.75, 3.05) is 33.3 Å². The Morgan fingerprint density at radius 3 is 2.67 bits per heavy atom. The van der Waals surface area contributed by atoms with E-state index in [0.717, 1.165) is 71.1 Å². The van der Waals surface area contributed by atoms with E-state index in [-0.39, 0.29) is 23.5 Å². The van der Waals surface area contributed by atoms with Crippen LogP contribution < -0.4 is 0 Å². The Morgan fingerprint density at radius 2 is 1.98 bits per heavy atom. The lowest BCUT2D eigenvalue weighted by Gasteiger charge is -2.57. The third-order valence-corrected chi connectivity index (χ3v) is 9.22. The molecule has 1 saturated heterocycles. The lowest BCUT2D eigenvalue weighted by molar-refractivity contribution is -0.140. The zero-order valence-electron chi connectivity index (χ0n) is 24.9. The fourth-order valence-corrected chi connectivity index (χ4v) is 7.31. The smallest absolute Gasteiger partial charge is 0.222 e. The summed E-state index contributed by atoms with van der Waals surface area (Å²) in [6.45, 7) is 11.9. The van der Waals surface area contributed by atoms with Crippen LogP contribution in [-0.2, 0) is 21.4 Å². The van der Waals surface area contributed by atoms with Crippen LogP contribution in [0.5, 0.6) is 5.75 Å². The van der Waals surface area contributed by atoms with Gasteiger partial charge in [-0.1, -0.05) is 68.8 Å². The van der Waals surface area contributed by atoms with Gasteiger partial charge in [0.25, 0.3) is 0 Å². The molecule has 2 aromatic rings. The summed E-state index contributed by atoms with van der Waals surface area (Å²) in [6, 6.07) is 18.6. The molecule has 0 spiro atoms. The maximum absolute atomic E-state index is 13.8. The predicted octanol–water partition coefficient (Wildman–Crippen LogP) is 6.60. The highest BCUT2D eigenvalue weighted by Gasteiger charge is 2.53. The van der Waals surface area contributed by atoms with Gasteiger partial charge < -0.3 is 14.7 Å². The van der Waals surface area contributed by atoms with Crippen LogP contribution in [-0.4, -0.2) is 66.2 Å². The maximum atomic E-state index is 13.8. The van der Waals surface area contributed by atoms with Crippen molar-refractivity contribution >= 4 is 5.91 Å². The number of carbonyl (C=O) groups is 1. The number of piperidine rings is 1. The van der Waals surface area contributed by atoms with Gasteiger partial charge in [-0.15, -0.1) is 6.58 Å². The minimum atomic E-state index is -0.148. The molecule has 1 unspecified atom stereocenters. The highest BCUT2D eigenvalue weighted by molar-refractivity contribution is 5.76. The molecule has 1 saturated carbocycles. The number of benzene rings is 2. The molecule has 5 nitrogen and oxygen atoms in total. The van der Waals surface area contributed by atoms with Crippen LogP contribution in [0.15, 0.2) is 67.3 Å². The SMILES string of the molecule is C=CCN1CC[C@@]2(c3cccc(O)c3)C[C@@H](N(CC(C)C)C(=O)CCCCCc3ccccc3)CC(OC)[C@@H]2C1. The van der Waals surface area contributed by atoms with E-state index in [2.05, 4.69) is 66.6 Å². The van der Waals surface area contributed by atoms with E-state index >= 15 is 0 Å². The fourth-order valence-electron chi connectivity index (χ4n) is 7.31. The van der Waals surface area contributed by atoms with Crippen molar-refractivity contribution in [3.63, 3.8) is 0 Å². The molecular formula is C35H50N2O3. The summed E-state index contributed by atoms with van der Waals surface area (Å²) in [5.74, 6) is 1.27. The van der Waals surface area contributed by atoms with Gasteiger partial charge >= 0.3 is 0 Å². The molecule has 5 heteroatoms. The number of aryl methyl sites for hydroxylation is 1. The van der Waals surface area contributed by atoms with Crippen molar-refractivity contribution in [3.8, 4) is 5.75 Å². The topological polar surface area (TPSA) is 53.0 Å². The Bertz CT molecular complexity index is 1090. The van der Waals surface area contributed by atoms with Gasteiger partial charge in [0, 0.05) is 50.5 Å². The van der Waals surface area contributed by atoms with Crippen molar-refractivity contribution in [1.82, 2.24) is 9.80 Å². The Labute approximate surface area is 242 Å². The highest BCUT2D eigenvalue weighted by Crippen LogP contribution is 2.51. The van der Waals surface area contributed by atoms with E-state index in [1.807, 2.05) is 25.3 Å². The summed E-state index contributed by atoms with van der Waals surface area (Å²) in [5.41, 5.74) is 2.40. The van der Waals surface area contributed by atoms with Crippen molar-refractivity contribution in [1.29, 1.82) is 0 Å². The largest absolute Gasteiger partial charge is 0.508 e. The number of ether oxygens (including phenoxy) is 1. The van der Waals surface area contributed by atoms with Gasteiger partial charge in [0.05, 0.1) is 6.10 Å². The highest BCUT2D eigenvalue weighted by atomic mass is 16.5. The van der Waals surface area contributed by atoms with Crippen LogP contribution >= 0.6 is 0 Å². The second-order valence-electron chi connectivity index (χ2n) is 12.5. The fraction of sp³-hybridized carbons (Fsp3) is 0.571. The van der Waals surface area contributed by atoms with Gasteiger partial charge in [0.15, 0.2) is 0 Å². The number of phenolic OH excluding ortho intramolecular Hbond substituents is 1. The lowest BCUT2D eigenvalue weighted by Crippen LogP contribution is -2.62. The van der Waals surface area contributed by atoms with Crippen LogP contribution in [0.1, 0.15) is 69.9 Å². The van der Waals surface area contributed by atoms with Crippen LogP contribution in [0, 0.1) is 11.8 Å². The number of amides is 1. The van der Waals surface area contributed by atoms with Crippen molar-refractivity contribution < 1.29 is 14.6 Å². The Kier molecular flexibility index (Phi) is 10.9. The molecule has 2 aliphatic rings. The van der Waals surface area contributed by atoms with Crippen LogP contribution in [0.4, 0.5) is 0 Å². The minimum absolute atomic E-state index is 0.0436. The number of fused-ring (bicyclic) bond motifs is 1. The van der Waals surface area contributed by atoms with Gasteiger partial charge in [-0.2, -0.15) is 0 Å². The molecule has 4 atom stereocenters. The van der Waals surface area contributed by atoms with E-state index in [0.29, 0.717) is 24.0 Å². The molecule has 1 amide bonds. The summed E-state index contributed by atoms with van der Waals surface area (Å²) < 4.78 is 6.23. The van der Waals surface area contributed by atoms with Gasteiger partial charge in [0.2, 0.25) is 5.91 Å². The van der Waals surface area contributed by atoms with E-state index in [1.54, 1.807) is 6.07 Å². The minimum Gasteiger partial charge on any atom is -0.508 e. The van der Waals surface area contributed by atoms with Crippen molar-refractivity contribution in [3.05, 3.63) is 78.4 Å². The van der Waals surface area contributed by atoms with Crippen LogP contribution in [0.2, 0.25) is 0 Å². The first kappa shape index (κ1) is 30.3. The van der Waals surface area contributed by atoms with Gasteiger partial charge in [-0.05, 0) is 74.2 Å². The predicted molar refractivity (Wildman–Crippen MR) is 164 cm³/mol. The molecule has 40 heavy (non-hydrogen) atoms. The first-order valence-electron chi connectivity index (χ1n) is 15.3. The maximum Gasteiger partial charge on any atom is 0.222 e. The quantitative estimate of drug-likeness (QED) is 0.227. The molecule has 2 fully saturated rings. The number of carbonyl (C=O) groups excluding carboxylic acids is 1. The Hall–Kier alpha value is -2.63. The average Bonchev–Trinajstić information content (AvgIpc) is 2.95. The summed E-state index contributed by atoms with van der Waals surface area (Å²) in [4.78, 5) is 18.5. The van der Waals surface area contributed by atoms with Crippen LogP contribution in [0.3, 0.4) is 0 Å². The third-order valence-electron chi connectivity index (χ3n) is 9.22. The molecule has 1 aliphatic heterocycles.